The summed E-state index contributed by atoms with van der Waals surface area (Å²) in [5, 5.41) is 0.952. The van der Waals surface area contributed by atoms with Crippen molar-refractivity contribution in [2.24, 2.45) is 0 Å². The van der Waals surface area contributed by atoms with Crippen molar-refractivity contribution in [1.29, 1.82) is 0 Å². The number of nitrogens with two attached hydrogens (primary N) is 1. The van der Waals surface area contributed by atoms with Crippen LogP contribution in [0.1, 0.15) is 10.6 Å². The van der Waals surface area contributed by atoms with Gasteiger partial charge in [-0.1, -0.05) is 28.1 Å². The average molecular weight is 349 g/mol. The van der Waals surface area contributed by atoms with Crippen molar-refractivity contribution in [2.75, 3.05) is 5.73 Å². The molecule has 0 unspecified atom stereocenters. The van der Waals surface area contributed by atoms with E-state index in [0.29, 0.717) is 12.3 Å². The lowest BCUT2D eigenvalue weighted by Gasteiger charge is -2.11. The Labute approximate surface area is 129 Å². The molecule has 3 aromatic rings. The van der Waals surface area contributed by atoms with Crippen LogP contribution in [0.15, 0.2) is 40.9 Å². The third-order valence-electron chi connectivity index (χ3n) is 2.95. The molecule has 2 aromatic carbocycles. The molecule has 0 bridgehead atoms. The summed E-state index contributed by atoms with van der Waals surface area (Å²) < 4.78 is 7.97. The Hall–Kier alpha value is -1.59. The molecule has 0 amide bonds. The standard InChI is InChI=1S/C15H13BrN2OS/c1-9-6-10(16)7-11(17)15(9)19-8-14-18-12-4-2-3-5-13(12)20-14/h2-7H,8,17H2,1H3. The van der Waals surface area contributed by atoms with Crippen LogP contribution in [0.25, 0.3) is 10.2 Å². The van der Waals surface area contributed by atoms with Crippen molar-refractivity contribution in [3.63, 3.8) is 0 Å². The molecule has 3 nitrogen and oxygen atoms in total. The maximum absolute atomic E-state index is 5.99. The van der Waals surface area contributed by atoms with E-state index in [-0.39, 0.29) is 0 Å². The Morgan fingerprint density at radius 3 is 2.85 bits per heavy atom. The number of benzene rings is 2. The Bertz CT molecular complexity index is 713. The van der Waals surface area contributed by atoms with E-state index in [4.69, 9.17) is 10.5 Å². The minimum Gasteiger partial charge on any atom is -0.484 e. The molecule has 20 heavy (non-hydrogen) atoms. The van der Waals surface area contributed by atoms with Gasteiger partial charge in [-0.15, -0.1) is 11.3 Å². The van der Waals surface area contributed by atoms with Crippen LogP contribution in [0.5, 0.6) is 5.75 Å². The predicted molar refractivity (Wildman–Crippen MR) is 87.2 cm³/mol. The fourth-order valence-electron chi connectivity index (χ4n) is 2.07. The van der Waals surface area contributed by atoms with E-state index in [9.17, 15) is 0 Å². The van der Waals surface area contributed by atoms with E-state index < -0.39 is 0 Å². The zero-order valence-electron chi connectivity index (χ0n) is 10.9. The fourth-order valence-corrected chi connectivity index (χ4v) is 3.54. The highest BCUT2D eigenvalue weighted by Crippen LogP contribution is 2.31. The highest BCUT2D eigenvalue weighted by molar-refractivity contribution is 9.10. The van der Waals surface area contributed by atoms with Crippen LogP contribution >= 0.6 is 27.3 Å². The van der Waals surface area contributed by atoms with E-state index in [1.807, 2.05) is 37.3 Å². The summed E-state index contributed by atoms with van der Waals surface area (Å²) in [6, 6.07) is 11.9. The first-order valence-electron chi connectivity index (χ1n) is 6.16. The van der Waals surface area contributed by atoms with E-state index in [2.05, 4.69) is 27.0 Å². The molecule has 0 radical (unpaired) electrons. The van der Waals surface area contributed by atoms with Crippen LogP contribution in [0.4, 0.5) is 5.69 Å². The molecular formula is C15H13BrN2OS. The third-order valence-corrected chi connectivity index (χ3v) is 4.41. The van der Waals surface area contributed by atoms with Crippen LogP contribution in [-0.4, -0.2) is 4.98 Å². The number of nitrogen functional groups attached to an aromatic ring is 1. The largest absolute Gasteiger partial charge is 0.484 e. The van der Waals surface area contributed by atoms with Gasteiger partial charge >= 0.3 is 0 Å². The van der Waals surface area contributed by atoms with E-state index in [0.717, 1.165) is 26.3 Å². The van der Waals surface area contributed by atoms with Gasteiger partial charge in [0.1, 0.15) is 17.4 Å². The molecule has 5 heteroatoms. The van der Waals surface area contributed by atoms with Gasteiger partial charge in [-0.05, 0) is 36.8 Å². The van der Waals surface area contributed by atoms with E-state index in [1.165, 1.54) is 4.70 Å². The highest BCUT2D eigenvalue weighted by Gasteiger charge is 2.09. The molecule has 0 atom stereocenters. The number of ether oxygens (including phenoxy) is 1. The van der Waals surface area contributed by atoms with Crippen LogP contribution < -0.4 is 10.5 Å². The highest BCUT2D eigenvalue weighted by atomic mass is 79.9. The molecule has 0 fully saturated rings. The predicted octanol–water partition coefficient (Wildman–Crippen LogP) is 4.53. The number of hydrogen-bond acceptors (Lipinski definition) is 4. The number of aromatic nitrogens is 1. The summed E-state index contributed by atoms with van der Waals surface area (Å²) in [4.78, 5) is 4.55. The molecule has 1 aromatic heterocycles. The van der Waals surface area contributed by atoms with Crippen LogP contribution in [0, 0.1) is 6.92 Å². The summed E-state index contributed by atoms with van der Waals surface area (Å²) in [6.07, 6.45) is 0. The van der Waals surface area contributed by atoms with Gasteiger partial charge in [0.25, 0.3) is 0 Å². The van der Waals surface area contributed by atoms with Gasteiger partial charge in [0, 0.05) is 4.47 Å². The number of anilines is 1. The maximum atomic E-state index is 5.99. The smallest absolute Gasteiger partial charge is 0.145 e. The molecule has 2 N–H and O–H groups in total. The van der Waals surface area contributed by atoms with Gasteiger partial charge < -0.3 is 10.5 Å². The van der Waals surface area contributed by atoms with Gasteiger partial charge in [-0.25, -0.2) is 4.98 Å². The molecule has 0 spiro atoms. The van der Waals surface area contributed by atoms with E-state index >= 15 is 0 Å². The summed E-state index contributed by atoms with van der Waals surface area (Å²) in [5.74, 6) is 0.729. The number of halogens is 1. The van der Waals surface area contributed by atoms with Gasteiger partial charge in [0.15, 0.2) is 0 Å². The molecule has 3 rings (SSSR count). The van der Waals surface area contributed by atoms with Crippen LogP contribution in [0.2, 0.25) is 0 Å². The monoisotopic (exact) mass is 348 g/mol. The molecule has 0 aliphatic carbocycles. The van der Waals surface area contributed by atoms with Gasteiger partial charge in [0.05, 0.1) is 15.9 Å². The van der Waals surface area contributed by atoms with Crippen molar-refractivity contribution in [1.82, 2.24) is 4.98 Å². The molecule has 0 saturated carbocycles. The first-order valence-corrected chi connectivity index (χ1v) is 7.77. The lowest BCUT2D eigenvalue weighted by atomic mass is 10.2. The second kappa shape index (κ2) is 5.42. The number of rotatable bonds is 3. The molecular weight excluding hydrogens is 336 g/mol. The second-order valence-electron chi connectivity index (χ2n) is 4.51. The lowest BCUT2D eigenvalue weighted by molar-refractivity contribution is 0.305. The minimum atomic E-state index is 0.437. The van der Waals surface area contributed by atoms with Crippen molar-refractivity contribution in [3.8, 4) is 5.75 Å². The summed E-state index contributed by atoms with van der Waals surface area (Å²) in [7, 11) is 0. The fraction of sp³-hybridized carbons (Fsp3) is 0.133. The SMILES string of the molecule is Cc1cc(Br)cc(N)c1OCc1nc2ccccc2s1. The number of para-hydroxylation sites is 1. The minimum absolute atomic E-state index is 0.437. The first-order chi connectivity index (χ1) is 9.63. The molecule has 0 aliphatic rings. The van der Waals surface area contributed by atoms with E-state index in [1.54, 1.807) is 11.3 Å². The van der Waals surface area contributed by atoms with Gasteiger partial charge in [-0.2, -0.15) is 0 Å². The average Bonchev–Trinajstić information content (AvgIpc) is 2.80. The first kappa shape index (κ1) is 13.4. The quantitative estimate of drug-likeness (QED) is 0.707. The Morgan fingerprint density at radius 2 is 2.10 bits per heavy atom. The topological polar surface area (TPSA) is 48.1 Å². The van der Waals surface area contributed by atoms with Crippen molar-refractivity contribution in [3.05, 3.63) is 51.4 Å². The Morgan fingerprint density at radius 1 is 1.30 bits per heavy atom. The normalized spacial score (nSPS) is 10.9. The third kappa shape index (κ3) is 2.64. The molecule has 1 heterocycles. The summed E-state index contributed by atoms with van der Waals surface area (Å²) in [5.41, 5.74) is 8.65. The Balaban J connectivity index is 1.83. The van der Waals surface area contributed by atoms with Crippen molar-refractivity contribution in [2.45, 2.75) is 13.5 Å². The molecule has 0 aliphatic heterocycles. The Kier molecular flexibility index (Phi) is 3.63. The number of hydrogen-bond donors (Lipinski definition) is 1. The zero-order valence-corrected chi connectivity index (χ0v) is 13.3. The second-order valence-corrected chi connectivity index (χ2v) is 6.54. The van der Waals surface area contributed by atoms with Gasteiger partial charge in [0.2, 0.25) is 0 Å². The van der Waals surface area contributed by atoms with Crippen molar-refractivity contribution < 1.29 is 4.74 Å². The number of aryl methyl sites for hydroxylation is 1. The number of thiazole rings is 1. The number of fused-ring (bicyclic) bond motifs is 1. The summed E-state index contributed by atoms with van der Waals surface area (Å²) in [6.45, 7) is 2.42. The van der Waals surface area contributed by atoms with Crippen LogP contribution in [0.3, 0.4) is 0 Å². The molecule has 0 saturated heterocycles. The summed E-state index contributed by atoms with van der Waals surface area (Å²) >= 11 is 5.07. The zero-order chi connectivity index (χ0) is 14.1. The van der Waals surface area contributed by atoms with Crippen molar-refractivity contribution >= 4 is 43.2 Å². The lowest BCUT2D eigenvalue weighted by Crippen LogP contribution is -2.00. The van der Waals surface area contributed by atoms with Crippen LogP contribution in [-0.2, 0) is 6.61 Å². The molecule has 102 valence electrons. The maximum Gasteiger partial charge on any atom is 0.145 e. The van der Waals surface area contributed by atoms with Gasteiger partial charge in [-0.3, -0.25) is 0 Å². The number of nitrogens with zero attached hydrogens (tertiary/aromatic N) is 1.